The standard InChI is InChI=1S/C32H31F8N9/c1-18-11-24-26(49(29(41)45-42-3)17-20-12-22(31(35,36)37)14-23(13-20)32(38,39)40)5-4-10-48(27(24)15-25(18)30(2,33)34)16-19-6-8-21(9-7-19)28-43-46-47-44-28/h6-9,11-15,26,41H,4-5,10,16-17H2,1-3H3,(H,43,44,46,47)/p+1/t26-/m0/s1. The quantitative estimate of drug-likeness (QED) is 0.0675. The van der Waals surface area contributed by atoms with E-state index in [1.165, 1.54) is 24.6 Å². The summed E-state index contributed by atoms with van der Waals surface area (Å²) in [7, 11) is 1.31. The number of nitrogens with one attached hydrogen (secondary N) is 1. The van der Waals surface area contributed by atoms with E-state index in [1.807, 2.05) is 17.0 Å². The first kappa shape index (κ1) is 35.3. The van der Waals surface area contributed by atoms with Crippen LogP contribution in [-0.2, 0) is 31.4 Å². The first-order chi connectivity index (χ1) is 23.0. The number of nitrogens with zero attached hydrogens (tertiary/aromatic N) is 7. The highest BCUT2D eigenvalue weighted by atomic mass is 19.4. The van der Waals surface area contributed by atoms with Gasteiger partial charge in [0.05, 0.1) is 24.7 Å². The maximum absolute atomic E-state index is 14.9. The molecule has 0 fully saturated rings. The molecule has 1 aliphatic heterocycles. The van der Waals surface area contributed by atoms with Crippen molar-refractivity contribution in [1.82, 2.24) is 20.6 Å². The van der Waals surface area contributed by atoms with Crippen molar-refractivity contribution in [3.05, 3.63) is 93.5 Å². The van der Waals surface area contributed by atoms with Gasteiger partial charge in [0, 0.05) is 47.5 Å². The molecule has 0 amide bonds. The molecule has 0 spiro atoms. The predicted molar refractivity (Wildman–Crippen MR) is 164 cm³/mol. The topological polar surface area (TPSA) is 111 Å². The maximum Gasteiger partial charge on any atom is 0.416 e. The van der Waals surface area contributed by atoms with Gasteiger partial charge in [-0.2, -0.15) is 31.6 Å². The van der Waals surface area contributed by atoms with Gasteiger partial charge in [0.1, 0.15) is 6.04 Å². The van der Waals surface area contributed by atoms with Crippen LogP contribution >= 0.6 is 0 Å². The Balaban J connectivity index is 1.62. The van der Waals surface area contributed by atoms with Crippen molar-refractivity contribution < 1.29 is 39.7 Å². The van der Waals surface area contributed by atoms with Gasteiger partial charge in [-0.25, -0.2) is 13.4 Å². The van der Waals surface area contributed by atoms with E-state index in [2.05, 4.69) is 30.9 Å². The second-order valence-corrected chi connectivity index (χ2v) is 11.8. The molecule has 0 saturated carbocycles. The average Bonchev–Trinajstić information content (AvgIpc) is 3.50. The molecule has 3 N–H and O–H groups in total. The fourth-order valence-corrected chi connectivity index (χ4v) is 6.05. The van der Waals surface area contributed by atoms with E-state index < -0.39 is 42.0 Å². The molecule has 1 aliphatic rings. The summed E-state index contributed by atoms with van der Waals surface area (Å²) in [5.74, 6) is -3.09. The van der Waals surface area contributed by atoms with Gasteiger partial charge < -0.3 is 4.90 Å². The molecule has 2 heterocycles. The smallest absolute Gasteiger partial charge is 0.367 e. The van der Waals surface area contributed by atoms with Gasteiger partial charge in [-0.05, 0) is 65.9 Å². The van der Waals surface area contributed by atoms with Crippen LogP contribution in [0.5, 0.6) is 0 Å². The lowest BCUT2D eigenvalue weighted by Gasteiger charge is -2.29. The molecule has 9 nitrogen and oxygen atoms in total. The van der Waals surface area contributed by atoms with Crippen LogP contribution in [0.1, 0.15) is 64.8 Å². The molecule has 5 rings (SSSR count). The molecular formula is C32H32F8N9+. The van der Waals surface area contributed by atoms with Crippen molar-refractivity contribution in [1.29, 1.82) is 0 Å². The van der Waals surface area contributed by atoms with Crippen LogP contribution in [0.3, 0.4) is 0 Å². The number of anilines is 1. The summed E-state index contributed by atoms with van der Waals surface area (Å²) in [5, 5.41) is 21.4. The number of alkyl halides is 8. The Bertz CT molecular complexity index is 1810. The van der Waals surface area contributed by atoms with Gasteiger partial charge in [-0.15, -0.1) is 15.3 Å². The van der Waals surface area contributed by atoms with Crippen LogP contribution < -0.4 is 10.6 Å². The van der Waals surface area contributed by atoms with Crippen molar-refractivity contribution in [3.63, 3.8) is 0 Å². The molecule has 17 heteroatoms. The molecule has 0 unspecified atom stereocenters. The second-order valence-electron chi connectivity index (χ2n) is 11.8. The number of hydrogen-bond acceptors (Lipinski definition) is 5. The molecule has 0 bridgehead atoms. The SMILES string of the molecule is CN=NC(N)=[N+](Cc1cc(C(F)(F)F)cc(C(F)(F)F)c1)[C@H]1CCCN(Cc2ccc(-c3nn[nH]n3)cc2)c2cc(C(C)(F)F)c(C)cc21. The number of halogens is 8. The highest BCUT2D eigenvalue weighted by Gasteiger charge is 2.38. The van der Waals surface area contributed by atoms with Gasteiger partial charge in [0.25, 0.3) is 5.92 Å². The Morgan fingerprint density at radius 2 is 1.61 bits per heavy atom. The van der Waals surface area contributed by atoms with Crippen molar-refractivity contribution in [2.75, 3.05) is 18.5 Å². The number of hydrogen-bond donors (Lipinski definition) is 2. The van der Waals surface area contributed by atoms with Gasteiger partial charge in [-0.1, -0.05) is 30.3 Å². The lowest BCUT2D eigenvalue weighted by Crippen LogP contribution is -2.31. The van der Waals surface area contributed by atoms with E-state index in [9.17, 15) is 35.1 Å². The van der Waals surface area contributed by atoms with Crippen molar-refractivity contribution in [3.8, 4) is 11.4 Å². The molecule has 3 aromatic carbocycles. The number of aromatic amines is 1. The van der Waals surface area contributed by atoms with Crippen molar-refractivity contribution in [2.45, 2.75) is 64.1 Å². The number of aryl methyl sites for hydroxylation is 1. The summed E-state index contributed by atoms with van der Waals surface area (Å²) in [6, 6.07) is 10.7. The van der Waals surface area contributed by atoms with Crippen LogP contribution in [0.25, 0.3) is 11.4 Å². The molecule has 0 saturated heterocycles. The van der Waals surface area contributed by atoms with E-state index in [4.69, 9.17) is 5.73 Å². The Morgan fingerprint density at radius 3 is 2.16 bits per heavy atom. The maximum atomic E-state index is 14.9. The monoisotopic (exact) mass is 694 g/mol. The molecule has 0 aliphatic carbocycles. The first-order valence-electron chi connectivity index (χ1n) is 15.0. The minimum absolute atomic E-state index is 0.0516. The van der Waals surface area contributed by atoms with Crippen molar-refractivity contribution >= 4 is 11.6 Å². The van der Waals surface area contributed by atoms with Gasteiger partial charge in [0.2, 0.25) is 5.82 Å². The molecule has 260 valence electrons. The van der Waals surface area contributed by atoms with Crippen LogP contribution in [0.4, 0.5) is 40.8 Å². The zero-order valence-corrected chi connectivity index (χ0v) is 26.5. The number of rotatable bonds is 7. The predicted octanol–water partition coefficient (Wildman–Crippen LogP) is 7.78. The van der Waals surface area contributed by atoms with E-state index in [1.54, 1.807) is 18.2 Å². The zero-order chi connectivity index (χ0) is 35.7. The Kier molecular flexibility index (Phi) is 9.75. The van der Waals surface area contributed by atoms with E-state index in [0.29, 0.717) is 60.7 Å². The van der Waals surface area contributed by atoms with E-state index >= 15 is 0 Å². The number of guanidine groups is 1. The third-order valence-corrected chi connectivity index (χ3v) is 8.26. The number of H-pyrrole nitrogens is 1. The molecule has 0 radical (unpaired) electrons. The van der Waals surface area contributed by atoms with Crippen LogP contribution in [0.2, 0.25) is 0 Å². The number of aromatic nitrogens is 4. The molecular weight excluding hydrogens is 662 g/mol. The second kappa shape index (κ2) is 13.5. The number of azo groups is 1. The van der Waals surface area contributed by atoms with Crippen LogP contribution in [-0.4, -0.2) is 44.8 Å². The Morgan fingerprint density at radius 1 is 0.959 bits per heavy atom. The largest absolute Gasteiger partial charge is 0.416 e. The first-order valence-corrected chi connectivity index (χ1v) is 15.0. The van der Waals surface area contributed by atoms with Crippen molar-refractivity contribution in [2.24, 2.45) is 16.0 Å². The highest BCUT2D eigenvalue weighted by Crippen LogP contribution is 2.43. The molecule has 1 atom stereocenters. The third-order valence-electron chi connectivity index (χ3n) is 8.26. The Hall–Kier alpha value is -4.96. The highest BCUT2D eigenvalue weighted by molar-refractivity contribution is 5.73. The lowest BCUT2D eigenvalue weighted by atomic mass is 9.93. The molecule has 49 heavy (non-hydrogen) atoms. The lowest BCUT2D eigenvalue weighted by molar-refractivity contribution is -0.590. The van der Waals surface area contributed by atoms with E-state index in [-0.39, 0.29) is 28.7 Å². The van der Waals surface area contributed by atoms with Gasteiger partial charge in [-0.3, -0.25) is 5.73 Å². The molecule has 1 aromatic heterocycles. The van der Waals surface area contributed by atoms with Crippen LogP contribution in [0, 0.1) is 6.92 Å². The Labute approximate surface area is 275 Å². The minimum Gasteiger partial charge on any atom is -0.367 e. The number of tetrazole rings is 1. The summed E-state index contributed by atoms with van der Waals surface area (Å²) >= 11 is 0. The van der Waals surface area contributed by atoms with E-state index in [0.717, 1.165) is 12.5 Å². The third kappa shape index (κ3) is 8.03. The zero-order valence-electron chi connectivity index (χ0n) is 26.5. The number of benzene rings is 3. The summed E-state index contributed by atoms with van der Waals surface area (Å²) in [4.78, 5) is 1.91. The van der Waals surface area contributed by atoms with Gasteiger partial charge >= 0.3 is 18.3 Å². The fourth-order valence-electron chi connectivity index (χ4n) is 6.05. The van der Waals surface area contributed by atoms with Crippen LogP contribution in [0.15, 0.2) is 64.8 Å². The summed E-state index contributed by atoms with van der Waals surface area (Å²) in [6.07, 6.45) is -9.35. The van der Waals surface area contributed by atoms with Gasteiger partial charge in [0.15, 0.2) is 0 Å². The average molecular weight is 695 g/mol. The minimum atomic E-state index is -5.06. The fraction of sp³-hybridized carbons (Fsp3) is 0.375. The number of fused-ring (bicyclic) bond motifs is 1. The molecule has 4 aromatic rings. The number of nitrogens with two attached hydrogens (primary N) is 1. The summed E-state index contributed by atoms with van der Waals surface area (Å²) in [5.41, 5.74) is 5.49. The normalized spacial score (nSPS) is 16.5. The summed E-state index contributed by atoms with van der Waals surface area (Å²) < 4.78 is 114. The summed E-state index contributed by atoms with van der Waals surface area (Å²) in [6.45, 7) is 2.47.